The van der Waals surface area contributed by atoms with Gasteiger partial charge in [-0.05, 0) is 83.0 Å². The van der Waals surface area contributed by atoms with Crippen molar-refractivity contribution in [3.8, 4) is 0 Å². The first-order valence-electron chi connectivity index (χ1n) is 15.6. The lowest BCUT2D eigenvalue weighted by atomic mass is 9.94. The molecule has 0 saturated carbocycles. The second-order valence-corrected chi connectivity index (χ2v) is 12.1. The van der Waals surface area contributed by atoms with Crippen LogP contribution in [0, 0.1) is 20.8 Å². The monoisotopic (exact) mass is 570 g/mol. The molecular weight excluding hydrogens is 532 g/mol. The molecule has 0 unspecified atom stereocenters. The van der Waals surface area contributed by atoms with Gasteiger partial charge in [0.25, 0.3) is 0 Å². The summed E-state index contributed by atoms with van der Waals surface area (Å²) in [7, 11) is 0. The molecule has 0 saturated heterocycles. The van der Waals surface area contributed by atoms with Gasteiger partial charge in [-0.15, -0.1) is 0 Å². The third-order valence-electron chi connectivity index (χ3n) is 8.82. The van der Waals surface area contributed by atoms with Gasteiger partial charge in [0.1, 0.15) is 0 Å². The van der Waals surface area contributed by atoms with Gasteiger partial charge >= 0.3 is 0 Å². The van der Waals surface area contributed by atoms with Crippen molar-refractivity contribution in [2.75, 3.05) is 9.80 Å². The lowest BCUT2D eigenvalue weighted by Crippen LogP contribution is -2.19. The Morgan fingerprint density at radius 3 is 1.11 bits per heavy atom. The predicted octanol–water partition coefficient (Wildman–Crippen LogP) is 12.2. The zero-order chi connectivity index (χ0) is 30.2. The Bertz CT molecular complexity index is 1930. The molecule has 0 heterocycles. The molecule has 0 aliphatic heterocycles. The molecule has 44 heavy (non-hydrogen) atoms. The van der Waals surface area contributed by atoms with Crippen LogP contribution in [0.15, 0.2) is 145 Å². The minimum atomic E-state index is 0.999. The molecule has 6 aromatic rings. The van der Waals surface area contributed by atoms with Gasteiger partial charge in [-0.25, -0.2) is 0 Å². The standard InChI is InChI=1S/C42H38N2/c1-29-13-21-33(22-14-29)43(34-23-15-30(2)16-24-34)41-37-9-5-7-11-39(37)42(40-12-8-6-10-38(40)41)44(35-25-17-31(3)18-26-35)36-27-19-32(4)20-28-36/h5-19,21-27H,20,28H2,1-4H3. The number of hydrogen-bond donors (Lipinski definition) is 0. The van der Waals surface area contributed by atoms with Crippen molar-refractivity contribution in [2.45, 2.75) is 40.5 Å². The molecule has 2 heteroatoms. The molecular formula is C42H38N2. The lowest BCUT2D eigenvalue weighted by molar-refractivity contribution is 0.877. The summed E-state index contributed by atoms with van der Waals surface area (Å²) in [5, 5.41) is 4.92. The molecule has 0 N–H and O–H groups in total. The van der Waals surface area contributed by atoms with Crippen LogP contribution in [0.3, 0.4) is 0 Å². The minimum absolute atomic E-state index is 0.999. The Labute approximate surface area is 261 Å². The molecule has 0 amide bonds. The fourth-order valence-corrected chi connectivity index (χ4v) is 6.41. The van der Waals surface area contributed by atoms with Crippen LogP contribution < -0.4 is 9.80 Å². The number of aryl methyl sites for hydroxylation is 3. The fraction of sp³-hybridized carbons (Fsp3) is 0.143. The van der Waals surface area contributed by atoms with Crippen molar-refractivity contribution < 1.29 is 0 Å². The molecule has 0 spiro atoms. The van der Waals surface area contributed by atoms with E-state index in [1.54, 1.807) is 0 Å². The van der Waals surface area contributed by atoms with Crippen LogP contribution in [0.25, 0.3) is 21.5 Å². The number of rotatable bonds is 6. The highest BCUT2D eigenvalue weighted by molar-refractivity contribution is 6.22. The number of nitrogens with zero attached hydrogens (tertiary/aromatic N) is 2. The van der Waals surface area contributed by atoms with Gasteiger partial charge in [0, 0.05) is 44.3 Å². The molecule has 0 fully saturated rings. The van der Waals surface area contributed by atoms with E-state index in [1.165, 1.54) is 66.6 Å². The maximum absolute atomic E-state index is 2.51. The highest BCUT2D eigenvalue weighted by Crippen LogP contribution is 2.50. The lowest BCUT2D eigenvalue weighted by Gasteiger charge is -2.34. The van der Waals surface area contributed by atoms with E-state index in [0.29, 0.717) is 0 Å². The first-order valence-corrected chi connectivity index (χ1v) is 15.6. The van der Waals surface area contributed by atoms with Gasteiger partial charge in [0.2, 0.25) is 0 Å². The summed E-state index contributed by atoms with van der Waals surface area (Å²) in [4.78, 5) is 4.95. The summed E-state index contributed by atoms with van der Waals surface area (Å²) in [5.41, 5.74) is 12.4. The van der Waals surface area contributed by atoms with Crippen LogP contribution in [0.2, 0.25) is 0 Å². The van der Waals surface area contributed by atoms with E-state index >= 15 is 0 Å². The molecule has 0 atom stereocenters. The molecule has 1 aliphatic rings. The minimum Gasteiger partial charge on any atom is -0.313 e. The van der Waals surface area contributed by atoms with Crippen LogP contribution in [-0.4, -0.2) is 0 Å². The molecule has 216 valence electrons. The largest absolute Gasteiger partial charge is 0.313 e. The zero-order valence-corrected chi connectivity index (χ0v) is 26.0. The summed E-state index contributed by atoms with van der Waals surface area (Å²) in [5.74, 6) is 0. The maximum Gasteiger partial charge on any atom is 0.0619 e. The van der Waals surface area contributed by atoms with E-state index in [2.05, 4.69) is 171 Å². The van der Waals surface area contributed by atoms with Crippen LogP contribution in [0.5, 0.6) is 0 Å². The Balaban J connectivity index is 1.59. The topological polar surface area (TPSA) is 6.48 Å². The Morgan fingerprint density at radius 1 is 0.386 bits per heavy atom. The summed E-state index contributed by atoms with van der Waals surface area (Å²) in [6.45, 7) is 8.68. The van der Waals surface area contributed by atoms with Gasteiger partial charge in [0.05, 0.1) is 11.4 Å². The highest BCUT2D eigenvalue weighted by Gasteiger charge is 2.26. The van der Waals surface area contributed by atoms with E-state index in [0.717, 1.165) is 24.2 Å². The van der Waals surface area contributed by atoms with Gasteiger partial charge in [-0.2, -0.15) is 0 Å². The number of anilines is 5. The van der Waals surface area contributed by atoms with Crippen molar-refractivity contribution >= 4 is 50.0 Å². The van der Waals surface area contributed by atoms with E-state index in [4.69, 9.17) is 0 Å². The molecule has 0 radical (unpaired) electrons. The van der Waals surface area contributed by atoms with Crippen molar-refractivity contribution in [2.24, 2.45) is 0 Å². The normalized spacial score (nSPS) is 13.1. The van der Waals surface area contributed by atoms with Gasteiger partial charge in [-0.3, -0.25) is 0 Å². The molecule has 0 aromatic heterocycles. The average Bonchev–Trinajstić information content (AvgIpc) is 3.05. The van der Waals surface area contributed by atoms with Crippen LogP contribution >= 0.6 is 0 Å². The van der Waals surface area contributed by atoms with Crippen LogP contribution in [0.1, 0.15) is 36.5 Å². The average molecular weight is 571 g/mol. The number of allylic oxidation sites excluding steroid dienone is 4. The van der Waals surface area contributed by atoms with Crippen molar-refractivity contribution in [1.82, 2.24) is 0 Å². The van der Waals surface area contributed by atoms with E-state index in [-0.39, 0.29) is 0 Å². The van der Waals surface area contributed by atoms with Crippen molar-refractivity contribution in [3.05, 3.63) is 161 Å². The first-order chi connectivity index (χ1) is 21.5. The Morgan fingerprint density at radius 2 is 0.750 bits per heavy atom. The summed E-state index contributed by atoms with van der Waals surface area (Å²) in [6.07, 6.45) is 6.67. The first kappa shape index (κ1) is 27.7. The Kier molecular flexibility index (Phi) is 7.28. The molecule has 2 nitrogen and oxygen atoms in total. The van der Waals surface area contributed by atoms with E-state index in [9.17, 15) is 0 Å². The number of hydrogen-bond acceptors (Lipinski definition) is 2. The van der Waals surface area contributed by atoms with Crippen LogP contribution in [-0.2, 0) is 0 Å². The zero-order valence-electron chi connectivity index (χ0n) is 26.0. The van der Waals surface area contributed by atoms with E-state index in [1.807, 2.05) is 0 Å². The Hall–Kier alpha value is -5.08. The van der Waals surface area contributed by atoms with Crippen molar-refractivity contribution in [1.29, 1.82) is 0 Å². The summed E-state index contributed by atoms with van der Waals surface area (Å²) in [6, 6.07) is 44.7. The second kappa shape index (κ2) is 11.5. The molecule has 0 bridgehead atoms. The summed E-state index contributed by atoms with van der Waals surface area (Å²) >= 11 is 0. The molecule has 1 aliphatic carbocycles. The second-order valence-electron chi connectivity index (χ2n) is 12.1. The number of fused-ring (bicyclic) bond motifs is 2. The third-order valence-corrected chi connectivity index (χ3v) is 8.82. The number of benzene rings is 6. The summed E-state index contributed by atoms with van der Waals surface area (Å²) < 4.78 is 0. The van der Waals surface area contributed by atoms with Gasteiger partial charge in [0.15, 0.2) is 0 Å². The fourth-order valence-electron chi connectivity index (χ4n) is 6.41. The van der Waals surface area contributed by atoms with Crippen LogP contribution in [0.4, 0.5) is 28.4 Å². The molecule has 6 aromatic carbocycles. The predicted molar refractivity (Wildman–Crippen MR) is 190 cm³/mol. The third kappa shape index (κ3) is 5.07. The SMILES string of the molecule is CC1=CC=C(N(c2ccc(C)cc2)c2c3ccccc3c(N(c3ccc(C)cc3)c3ccc(C)cc3)c3ccccc23)CC1. The van der Waals surface area contributed by atoms with Crippen molar-refractivity contribution in [3.63, 3.8) is 0 Å². The van der Waals surface area contributed by atoms with Gasteiger partial charge < -0.3 is 9.80 Å². The smallest absolute Gasteiger partial charge is 0.0619 e. The quantitative estimate of drug-likeness (QED) is 0.145. The molecule has 7 rings (SSSR count). The highest BCUT2D eigenvalue weighted by atomic mass is 15.2. The maximum atomic E-state index is 2.51. The van der Waals surface area contributed by atoms with E-state index < -0.39 is 0 Å². The van der Waals surface area contributed by atoms with Gasteiger partial charge in [-0.1, -0.05) is 113 Å².